The first-order chi connectivity index (χ1) is 12.6. The van der Waals surface area contributed by atoms with Crippen LogP contribution in [0.3, 0.4) is 0 Å². The minimum atomic E-state index is -0.597. The van der Waals surface area contributed by atoms with Crippen molar-refractivity contribution >= 4 is 5.91 Å². The monoisotopic (exact) mass is 355 g/mol. The molecule has 0 fully saturated rings. The number of hydrogen-bond donors (Lipinski definition) is 1. The van der Waals surface area contributed by atoms with Crippen LogP contribution in [0.25, 0.3) is 0 Å². The molecule has 0 aliphatic heterocycles. The molecule has 0 unspecified atom stereocenters. The zero-order valence-corrected chi connectivity index (χ0v) is 15.4. The molecule has 2 aromatic rings. The van der Waals surface area contributed by atoms with Gasteiger partial charge in [0.2, 0.25) is 0 Å². The van der Waals surface area contributed by atoms with Gasteiger partial charge in [0.1, 0.15) is 11.6 Å². The predicted molar refractivity (Wildman–Crippen MR) is 101 cm³/mol. The predicted octanol–water partition coefficient (Wildman–Crippen LogP) is 4.74. The van der Waals surface area contributed by atoms with Crippen molar-refractivity contribution in [3.8, 4) is 5.75 Å². The Kier molecular flexibility index (Phi) is 5.92. The molecule has 1 aliphatic carbocycles. The first-order valence-electron chi connectivity index (χ1n) is 9.41. The average molecular weight is 355 g/mol. The third kappa shape index (κ3) is 4.43. The maximum absolute atomic E-state index is 13.0. The third-order valence-corrected chi connectivity index (χ3v) is 4.99. The number of benzene rings is 2. The molecule has 4 heteroatoms. The quantitative estimate of drug-likeness (QED) is 0.813. The van der Waals surface area contributed by atoms with Gasteiger partial charge in [0.05, 0.1) is 6.04 Å². The van der Waals surface area contributed by atoms with E-state index < -0.39 is 6.10 Å². The fraction of sp³-hybridized carbons (Fsp3) is 0.409. The largest absolute Gasteiger partial charge is 0.481 e. The van der Waals surface area contributed by atoms with Gasteiger partial charge in [-0.05, 0) is 80.0 Å². The highest BCUT2D eigenvalue weighted by Gasteiger charge is 2.21. The van der Waals surface area contributed by atoms with E-state index in [-0.39, 0.29) is 17.8 Å². The molecule has 3 rings (SSSR count). The van der Waals surface area contributed by atoms with Crippen LogP contribution in [0.1, 0.15) is 55.8 Å². The Labute approximate surface area is 154 Å². The molecule has 0 aromatic heterocycles. The molecule has 0 heterocycles. The zero-order valence-electron chi connectivity index (χ0n) is 15.4. The normalized spacial score (nSPS) is 15.7. The van der Waals surface area contributed by atoms with E-state index in [0.717, 1.165) is 18.4 Å². The molecule has 0 radical (unpaired) electrons. The minimum absolute atomic E-state index is 0.0828. The second kappa shape index (κ2) is 8.35. The van der Waals surface area contributed by atoms with Crippen molar-refractivity contribution in [3.05, 3.63) is 65.0 Å². The van der Waals surface area contributed by atoms with Crippen LogP contribution in [0.5, 0.6) is 5.75 Å². The maximum atomic E-state index is 13.0. The van der Waals surface area contributed by atoms with Crippen LogP contribution in [-0.2, 0) is 17.6 Å². The molecule has 1 amide bonds. The SMILES string of the molecule is CC[C@@H](Oc1ccc(F)cc1)C(=O)N[C@H](C)c1ccc2c(c1)CCCC2. The molecule has 3 nitrogen and oxygen atoms in total. The van der Waals surface area contributed by atoms with Crippen molar-refractivity contribution in [1.29, 1.82) is 0 Å². The molecule has 0 saturated carbocycles. The minimum Gasteiger partial charge on any atom is -0.481 e. The summed E-state index contributed by atoms with van der Waals surface area (Å²) in [6, 6.07) is 12.2. The molecule has 0 bridgehead atoms. The zero-order chi connectivity index (χ0) is 18.5. The van der Waals surface area contributed by atoms with Crippen molar-refractivity contribution in [1.82, 2.24) is 5.32 Å². The van der Waals surface area contributed by atoms with Gasteiger partial charge in [-0.2, -0.15) is 0 Å². The van der Waals surface area contributed by atoms with Crippen LogP contribution in [0.4, 0.5) is 4.39 Å². The number of amides is 1. The van der Waals surface area contributed by atoms with Crippen molar-refractivity contribution in [3.63, 3.8) is 0 Å². The number of fused-ring (bicyclic) bond motifs is 1. The van der Waals surface area contributed by atoms with Crippen LogP contribution in [0, 0.1) is 5.82 Å². The Morgan fingerprint density at radius 2 is 1.81 bits per heavy atom. The first-order valence-corrected chi connectivity index (χ1v) is 9.41. The number of ether oxygens (including phenoxy) is 1. The Hall–Kier alpha value is -2.36. The molecular formula is C22H26FNO2. The lowest BCUT2D eigenvalue weighted by Gasteiger charge is -2.22. The van der Waals surface area contributed by atoms with Gasteiger partial charge in [-0.3, -0.25) is 4.79 Å². The molecule has 138 valence electrons. The summed E-state index contributed by atoms with van der Waals surface area (Å²) in [5.74, 6) is 0.0211. The highest BCUT2D eigenvalue weighted by molar-refractivity contribution is 5.81. The van der Waals surface area contributed by atoms with Gasteiger partial charge in [0.25, 0.3) is 5.91 Å². The Morgan fingerprint density at radius 3 is 2.50 bits per heavy atom. The van der Waals surface area contributed by atoms with Gasteiger partial charge in [0, 0.05) is 0 Å². The van der Waals surface area contributed by atoms with Crippen molar-refractivity contribution in [2.75, 3.05) is 0 Å². The van der Waals surface area contributed by atoms with E-state index in [2.05, 4.69) is 23.5 Å². The van der Waals surface area contributed by atoms with E-state index >= 15 is 0 Å². The lowest BCUT2D eigenvalue weighted by atomic mass is 9.89. The van der Waals surface area contributed by atoms with E-state index in [1.54, 1.807) is 0 Å². The molecule has 2 atom stereocenters. The molecule has 0 spiro atoms. The van der Waals surface area contributed by atoms with Crippen molar-refractivity contribution in [2.45, 2.75) is 58.1 Å². The van der Waals surface area contributed by atoms with Gasteiger partial charge >= 0.3 is 0 Å². The molecule has 1 N–H and O–H groups in total. The van der Waals surface area contributed by atoms with Crippen LogP contribution >= 0.6 is 0 Å². The topological polar surface area (TPSA) is 38.3 Å². The first kappa shape index (κ1) is 18.4. The number of rotatable bonds is 6. The van der Waals surface area contributed by atoms with Gasteiger partial charge in [-0.15, -0.1) is 0 Å². The van der Waals surface area contributed by atoms with Gasteiger partial charge in [-0.1, -0.05) is 25.1 Å². The van der Waals surface area contributed by atoms with E-state index in [1.807, 2.05) is 13.8 Å². The van der Waals surface area contributed by atoms with Gasteiger partial charge in [0.15, 0.2) is 6.10 Å². The smallest absolute Gasteiger partial charge is 0.261 e. The fourth-order valence-electron chi connectivity index (χ4n) is 3.41. The van der Waals surface area contributed by atoms with Crippen LogP contribution in [0.15, 0.2) is 42.5 Å². The van der Waals surface area contributed by atoms with Crippen molar-refractivity contribution in [2.24, 2.45) is 0 Å². The summed E-state index contributed by atoms with van der Waals surface area (Å²) >= 11 is 0. The van der Waals surface area contributed by atoms with E-state index in [0.29, 0.717) is 12.2 Å². The number of carbonyl (C=O) groups excluding carboxylic acids is 1. The molecular weight excluding hydrogens is 329 g/mol. The summed E-state index contributed by atoms with van der Waals surface area (Å²) in [7, 11) is 0. The van der Waals surface area contributed by atoms with Gasteiger partial charge in [-0.25, -0.2) is 4.39 Å². The van der Waals surface area contributed by atoms with Gasteiger partial charge < -0.3 is 10.1 Å². The Morgan fingerprint density at radius 1 is 1.12 bits per heavy atom. The van der Waals surface area contributed by atoms with Crippen LogP contribution in [-0.4, -0.2) is 12.0 Å². The summed E-state index contributed by atoms with van der Waals surface area (Å²) in [5.41, 5.74) is 3.96. The number of halogens is 1. The highest BCUT2D eigenvalue weighted by Crippen LogP contribution is 2.25. The standard InChI is InChI=1S/C22H26FNO2/c1-3-21(26-20-12-10-19(23)11-13-20)22(25)24-15(2)17-9-8-16-6-4-5-7-18(16)14-17/h8-15,21H,3-7H2,1-2H3,(H,24,25)/t15-,21-/m1/s1. The van der Waals surface area contributed by atoms with Crippen LogP contribution < -0.4 is 10.1 Å². The number of hydrogen-bond acceptors (Lipinski definition) is 2. The summed E-state index contributed by atoms with van der Waals surface area (Å²) in [5, 5.41) is 3.05. The highest BCUT2D eigenvalue weighted by atomic mass is 19.1. The Bertz CT molecular complexity index is 757. The molecule has 26 heavy (non-hydrogen) atoms. The summed E-state index contributed by atoms with van der Waals surface area (Å²) in [6.45, 7) is 3.89. The van der Waals surface area contributed by atoms with E-state index in [9.17, 15) is 9.18 Å². The third-order valence-electron chi connectivity index (χ3n) is 4.99. The molecule has 0 saturated heterocycles. The Balaban J connectivity index is 1.64. The molecule has 2 aromatic carbocycles. The number of aryl methyl sites for hydroxylation is 2. The fourth-order valence-corrected chi connectivity index (χ4v) is 3.41. The van der Waals surface area contributed by atoms with Crippen LogP contribution in [0.2, 0.25) is 0 Å². The van der Waals surface area contributed by atoms with E-state index in [4.69, 9.17) is 4.74 Å². The maximum Gasteiger partial charge on any atom is 0.261 e. The lowest BCUT2D eigenvalue weighted by molar-refractivity contribution is -0.128. The average Bonchev–Trinajstić information content (AvgIpc) is 2.67. The van der Waals surface area contributed by atoms with Crippen molar-refractivity contribution < 1.29 is 13.9 Å². The summed E-state index contributed by atoms with van der Waals surface area (Å²) in [4.78, 5) is 12.6. The second-order valence-electron chi connectivity index (χ2n) is 6.93. The summed E-state index contributed by atoms with van der Waals surface area (Å²) < 4.78 is 18.7. The number of carbonyl (C=O) groups is 1. The lowest BCUT2D eigenvalue weighted by Crippen LogP contribution is -2.39. The second-order valence-corrected chi connectivity index (χ2v) is 6.93. The number of nitrogens with one attached hydrogen (secondary N) is 1. The van der Waals surface area contributed by atoms with E-state index in [1.165, 1.54) is 48.2 Å². The molecule has 1 aliphatic rings. The summed E-state index contributed by atoms with van der Waals surface area (Å²) in [6.07, 6.45) is 4.72.